The van der Waals surface area contributed by atoms with Crippen LogP contribution in [0.5, 0.6) is 5.75 Å². The van der Waals surface area contributed by atoms with Crippen LogP contribution in [-0.2, 0) is 9.53 Å². The molecule has 0 aliphatic rings. The lowest BCUT2D eigenvalue weighted by molar-refractivity contribution is -0.147. The third kappa shape index (κ3) is 3.61. The van der Waals surface area contributed by atoms with Gasteiger partial charge in [-0.1, -0.05) is 17.7 Å². The average Bonchev–Trinajstić information content (AvgIpc) is 2.30. The first kappa shape index (κ1) is 13.8. The molecule has 0 spiro atoms. The van der Waals surface area contributed by atoms with Crippen LogP contribution in [0.15, 0.2) is 18.2 Å². The van der Waals surface area contributed by atoms with E-state index in [0.29, 0.717) is 10.8 Å². The number of hydrogen-bond acceptors (Lipinski definition) is 4. The largest absolute Gasteiger partial charge is 0.477 e. The Morgan fingerprint density at radius 1 is 1.41 bits per heavy atom. The Bertz CT molecular complexity index is 407. The van der Waals surface area contributed by atoms with Crippen LogP contribution in [0.2, 0.25) is 5.02 Å². The summed E-state index contributed by atoms with van der Waals surface area (Å²) in [5, 5.41) is 0.426. The van der Waals surface area contributed by atoms with Gasteiger partial charge in [0.25, 0.3) is 0 Å². The van der Waals surface area contributed by atoms with Crippen LogP contribution < -0.4 is 10.5 Å². The first-order valence-electron chi connectivity index (χ1n) is 5.25. The zero-order chi connectivity index (χ0) is 13.0. The molecule has 0 aromatic heterocycles. The Balaban J connectivity index is 2.83. The number of rotatable bonds is 4. The van der Waals surface area contributed by atoms with Crippen molar-refractivity contribution in [3.05, 3.63) is 28.8 Å². The first-order chi connectivity index (χ1) is 7.95. The highest BCUT2D eigenvalue weighted by Gasteiger charge is 2.16. The quantitative estimate of drug-likeness (QED) is 0.841. The number of hydrogen-bond donors (Lipinski definition) is 1. The Labute approximate surface area is 106 Å². The standard InChI is InChI=1S/C12H16ClNO3/c1-7(14)9-4-5-11(10(13)6-9)17-8(2)12(15)16-3/h4-8H,14H2,1-3H3/t7-,8?/m0/s1. The minimum Gasteiger partial charge on any atom is -0.477 e. The van der Waals surface area contributed by atoms with Crippen molar-refractivity contribution in [1.29, 1.82) is 0 Å². The molecule has 4 nitrogen and oxygen atoms in total. The summed E-state index contributed by atoms with van der Waals surface area (Å²) in [6.45, 7) is 3.46. The Hall–Kier alpha value is -1.26. The minimum absolute atomic E-state index is 0.0976. The first-order valence-corrected chi connectivity index (χ1v) is 5.63. The zero-order valence-corrected chi connectivity index (χ0v) is 10.8. The highest BCUT2D eigenvalue weighted by Crippen LogP contribution is 2.28. The fraction of sp³-hybridized carbons (Fsp3) is 0.417. The average molecular weight is 258 g/mol. The highest BCUT2D eigenvalue weighted by molar-refractivity contribution is 6.32. The van der Waals surface area contributed by atoms with Crippen LogP contribution in [0.3, 0.4) is 0 Å². The van der Waals surface area contributed by atoms with E-state index >= 15 is 0 Å². The highest BCUT2D eigenvalue weighted by atomic mass is 35.5. The van der Waals surface area contributed by atoms with Crippen molar-refractivity contribution >= 4 is 17.6 Å². The van der Waals surface area contributed by atoms with E-state index in [-0.39, 0.29) is 6.04 Å². The number of benzene rings is 1. The van der Waals surface area contributed by atoms with E-state index in [9.17, 15) is 4.79 Å². The van der Waals surface area contributed by atoms with E-state index in [0.717, 1.165) is 5.56 Å². The second-order valence-electron chi connectivity index (χ2n) is 3.76. The van der Waals surface area contributed by atoms with Crippen LogP contribution in [0, 0.1) is 0 Å². The van der Waals surface area contributed by atoms with Gasteiger partial charge in [0.2, 0.25) is 0 Å². The van der Waals surface area contributed by atoms with E-state index in [1.54, 1.807) is 19.1 Å². The maximum Gasteiger partial charge on any atom is 0.346 e. The summed E-state index contributed by atoms with van der Waals surface area (Å²) >= 11 is 6.03. The molecule has 0 heterocycles. The summed E-state index contributed by atoms with van der Waals surface area (Å²) in [4.78, 5) is 11.2. The van der Waals surface area contributed by atoms with Crippen LogP contribution in [0.4, 0.5) is 0 Å². The second kappa shape index (κ2) is 5.89. The van der Waals surface area contributed by atoms with Crippen LogP contribution in [0.25, 0.3) is 0 Å². The third-order valence-corrected chi connectivity index (χ3v) is 2.61. The second-order valence-corrected chi connectivity index (χ2v) is 4.17. The van der Waals surface area contributed by atoms with Gasteiger partial charge in [-0.3, -0.25) is 0 Å². The lowest BCUT2D eigenvalue weighted by Gasteiger charge is -2.15. The van der Waals surface area contributed by atoms with Gasteiger partial charge in [0.05, 0.1) is 12.1 Å². The van der Waals surface area contributed by atoms with Gasteiger partial charge in [-0.05, 0) is 31.5 Å². The molecule has 1 rings (SSSR count). The van der Waals surface area contributed by atoms with E-state index in [2.05, 4.69) is 4.74 Å². The number of halogens is 1. The third-order valence-electron chi connectivity index (χ3n) is 2.32. The van der Waals surface area contributed by atoms with Gasteiger partial charge in [-0.15, -0.1) is 0 Å². The number of ether oxygens (including phenoxy) is 2. The Kier molecular flexibility index (Phi) is 4.78. The molecule has 0 saturated heterocycles. The van der Waals surface area contributed by atoms with Gasteiger partial charge in [0, 0.05) is 6.04 Å². The maximum absolute atomic E-state index is 11.2. The van der Waals surface area contributed by atoms with Crippen molar-refractivity contribution in [1.82, 2.24) is 0 Å². The molecule has 2 N–H and O–H groups in total. The minimum atomic E-state index is -0.696. The maximum atomic E-state index is 11.2. The topological polar surface area (TPSA) is 61.5 Å². The number of esters is 1. The van der Waals surface area contributed by atoms with Gasteiger partial charge in [-0.2, -0.15) is 0 Å². The molecule has 0 saturated carbocycles. The van der Waals surface area contributed by atoms with Crippen LogP contribution in [0.1, 0.15) is 25.5 Å². The molecule has 0 amide bonds. The summed E-state index contributed by atoms with van der Waals surface area (Å²) in [6.07, 6.45) is -0.696. The van der Waals surface area contributed by atoms with E-state index < -0.39 is 12.1 Å². The molecule has 1 aromatic carbocycles. The van der Waals surface area contributed by atoms with Gasteiger partial charge in [-0.25, -0.2) is 4.79 Å². The molecule has 0 aliphatic heterocycles. The van der Waals surface area contributed by atoms with Gasteiger partial charge in [0.1, 0.15) is 5.75 Å². The zero-order valence-electron chi connectivity index (χ0n) is 10.1. The van der Waals surface area contributed by atoms with Gasteiger partial charge >= 0.3 is 5.97 Å². The van der Waals surface area contributed by atoms with Crippen molar-refractivity contribution in [2.75, 3.05) is 7.11 Å². The van der Waals surface area contributed by atoms with Crippen molar-refractivity contribution in [3.63, 3.8) is 0 Å². The molecule has 94 valence electrons. The van der Waals surface area contributed by atoms with Crippen molar-refractivity contribution in [2.45, 2.75) is 26.0 Å². The molecule has 0 radical (unpaired) electrons. The SMILES string of the molecule is COC(=O)C(C)Oc1ccc([C@H](C)N)cc1Cl. The van der Waals surface area contributed by atoms with Crippen molar-refractivity contribution in [2.24, 2.45) is 5.73 Å². The summed E-state index contributed by atoms with van der Waals surface area (Å²) in [7, 11) is 1.31. The van der Waals surface area contributed by atoms with Crippen LogP contribution in [-0.4, -0.2) is 19.2 Å². The Morgan fingerprint density at radius 3 is 2.53 bits per heavy atom. The molecule has 2 atom stereocenters. The predicted octanol–water partition coefficient (Wildman–Crippen LogP) is 2.30. The molecule has 1 unspecified atom stereocenters. The molecule has 0 bridgehead atoms. The Morgan fingerprint density at radius 2 is 2.06 bits per heavy atom. The lowest BCUT2D eigenvalue weighted by Crippen LogP contribution is -2.25. The summed E-state index contributed by atoms with van der Waals surface area (Å²) in [5.41, 5.74) is 6.64. The number of methoxy groups -OCH3 is 1. The molecule has 0 fully saturated rings. The van der Waals surface area contributed by atoms with Crippen molar-refractivity contribution < 1.29 is 14.3 Å². The van der Waals surface area contributed by atoms with Gasteiger partial charge < -0.3 is 15.2 Å². The number of carbonyl (C=O) groups is 1. The normalized spacial score (nSPS) is 13.9. The molecular weight excluding hydrogens is 242 g/mol. The van der Waals surface area contributed by atoms with Crippen molar-refractivity contribution in [3.8, 4) is 5.75 Å². The lowest BCUT2D eigenvalue weighted by atomic mass is 10.1. The summed E-state index contributed by atoms with van der Waals surface area (Å²) in [6, 6.07) is 5.14. The van der Waals surface area contributed by atoms with Crippen LogP contribution >= 0.6 is 11.6 Å². The number of carbonyl (C=O) groups excluding carboxylic acids is 1. The molecule has 5 heteroatoms. The fourth-order valence-corrected chi connectivity index (χ4v) is 1.53. The van der Waals surface area contributed by atoms with E-state index in [1.165, 1.54) is 7.11 Å². The molecule has 0 aliphatic carbocycles. The number of nitrogens with two attached hydrogens (primary N) is 1. The summed E-state index contributed by atoms with van der Waals surface area (Å²) in [5.74, 6) is -0.00805. The van der Waals surface area contributed by atoms with E-state index in [4.69, 9.17) is 22.1 Å². The molecular formula is C12H16ClNO3. The summed E-state index contributed by atoms with van der Waals surface area (Å²) < 4.78 is 9.94. The fourth-order valence-electron chi connectivity index (χ4n) is 1.30. The molecule has 1 aromatic rings. The monoisotopic (exact) mass is 257 g/mol. The predicted molar refractivity (Wildman–Crippen MR) is 66.2 cm³/mol. The van der Waals surface area contributed by atoms with E-state index in [1.807, 2.05) is 13.0 Å². The molecule has 17 heavy (non-hydrogen) atoms. The van der Waals surface area contributed by atoms with Gasteiger partial charge in [0.15, 0.2) is 6.10 Å². The smallest absolute Gasteiger partial charge is 0.346 e.